The second-order valence-electron chi connectivity index (χ2n) is 4.78. The molecule has 122 valence electrons. The van der Waals surface area contributed by atoms with Crippen LogP contribution in [0.15, 0.2) is 12.1 Å². The average Bonchev–Trinajstić information content (AvgIpc) is 3.11. The van der Waals surface area contributed by atoms with Crippen molar-refractivity contribution in [3.63, 3.8) is 0 Å². The van der Waals surface area contributed by atoms with E-state index in [1.54, 1.807) is 20.3 Å². The lowest BCUT2D eigenvalue weighted by atomic mass is 10.3. The molecule has 0 saturated carbocycles. The first kappa shape index (κ1) is 15.9. The minimum absolute atomic E-state index is 0.0500. The number of rotatable bonds is 5. The van der Waals surface area contributed by atoms with Crippen LogP contribution in [0.3, 0.4) is 0 Å². The number of fused-ring (bicyclic) bond motifs is 1. The molecule has 0 radical (unpaired) electrons. The Morgan fingerprint density at radius 1 is 1.35 bits per heavy atom. The van der Waals surface area contributed by atoms with Crippen LogP contribution in [0.25, 0.3) is 10.2 Å². The lowest BCUT2D eigenvalue weighted by Crippen LogP contribution is -2.33. The Kier molecular flexibility index (Phi) is 4.58. The van der Waals surface area contributed by atoms with E-state index in [0.717, 1.165) is 16.0 Å². The van der Waals surface area contributed by atoms with Crippen LogP contribution in [0.2, 0.25) is 0 Å². The van der Waals surface area contributed by atoms with Crippen LogP contribution in [-0.2, 0) is 4.79 Å². The van der Waals surface area contributed by atoms with Crippen molar-refractivity contribution in [2.24, 2.45) is 0 Å². The number of aromatic nitrogens is 1. The molecule has 1 aromatic heterocycles. The second-order valence-corrected chi connectivity index (χ2v) is 6.85. The summed E-state index contributed by atoms with van der Waals surface area (Å²) in [5.74, 6) is 1.68. The molecule has 1 N–H and O–H groups in total. The number of nitrogens with one attached hydrogen (secondary N) is 1. The van der Waals surface area contributed by atoms with E-state index in [2.05, 4.69) is 10.3 Å². The Morgan fingerprint density at radius 3 is 2.74 bits per heavy atom. The number of hydrogen-bond donors (Lipinski definition) is 1. The molecular formula is C14H15N3O4S2. The Morgan fingerprint density at radius 2 is 2.09 bits per heavy atom. The fraction of sp³-hybridized carbons (Fsp3) is 0.357. The minimum Gasteiger partial charge on any atom is -0.493 e. The predicted octanol–water partition coefficient (Wildman–Crippen LogP) is 2.42. The van der Waals surface area contributed by atoms with Crippen molar-refractivity contribution in [2.75, 3.05) is 38.4 Å². The van der Waals surface area contributed by atoms with Gasteiger partial charge < -0.3 is 19.7 Å². The number of thiazole rings is 1. The highest BCUT2D eigenvalue weighted by Crippen LogP contribution is 2.36. The average molecular weight is 353 g/mol. The van der Waals surface area contributed by atoms with Crippen LogP contribution in [0, 0.1) is 0 Å². The zero-order valence-corrected chi connectivity index (χ0v) is 14.3. The monoisotopic (exact) mass is 353 g/mol. The Balaban J connectivity index is 1.75. The topological polar surface area (TPSA) is 80.8 Å². The third-order valence-electron chi connectivity index (χ3n) is 3.32. The van der Waals surface area contributed by atoms with Crippen LogP contribution in [0.5, 0.6) is 11.5 Å². The fourth-order valence-corrected chi connectivity index (χ4v) is 3.93. The molecule has 1 saturated heterocycles. The molecular weight excluding hydrogens is 338 g/mol. The molecule has 2 amide bonds. The molecule has 0 bridgehead atoms. The highest BCUT2D eigenvalue weighted by molar-refractivity contribution is 8.13. The van der Waals surface area contributed by atoms with Gasteiger partial charge in [-0.05, 0) is 0 Å². The number of carbonyl (C=O) groups excluding carboxylic acids is 2. The number of thioether (sulfide) groups is 1. The van der Waals surface area contributed by atoms with Crippen LogP contribution in [0.4, 0.5) is 9.93 Å². The molecule has 0 spiro atoms. The van der Waals surface area contributed by atoms with Crippen molar-refractivity contribution in [3.8, 4) is 11.5 Å². The predicted molar refractivity (Wildman–Crippen MR) is 90.8 cm³/mol. The third-order valence-corrected chi connectivity index (χ3v) is 5.14. The van der Waals surface area contributed by atoms with E-state index < -0.39 is 0 Å². The minimum atomic E-state index is -0.251. The van der Waals surface area contributed by atoms with Gasteiger partial charge in [-0.2, -0.15) is 0 Å². The zero-order chi connectivity index (χ0) is 16.4. The molecule has 0 unspecified atom stereocenters. The van der Waals surface area contributed by atoms with Gasteiger partial charge in [0.15, 0.2) is 16.6 Å². The third kappa shape index (κ3) is 3.35. The van der Waals surface area contributed by atoms with E-state index in [-0.39, 0.29) is 17.7 Å². The first-order valence-electron chi connectivity index (χ1n) is 6.85. The molecule has 1 aromatic carbocycles. The summed E-state index contributed by atoms with van der Waals surface area (Å²) in [6, 6.07) is 3.59. The van der Waals surface area contributed by atoms with Gasteiger partial charge in [-0.3, -0.25) is 9.59 Å². The molecule has 23 heavy (non-hydrogen) atoms. The van der Waals surface area contributed by atoms with E-state index in [1.807, 2.05) is 6.07 Å². The Hall–Kier alpha value is -2.00. The molecule has 3 rings (SSSR count). The summed E-state index contributed by atoms with van der Waals surface area (Å²) in [5.41, 5.74) is 0.718. The number of amides is 2. The van der Waals surface area contributed by atoms with Crippen molar-refractivity contribution >= 4 is 49.6 Å². The van der Waals surface area contributed by atoms with E-state index in [0.29, 0.717) is 23.2 Å². The maximum absolute atomic E-state index is 12.0. The smallest absolute Gasteiger partial charge is 0.282 e. The highest BCUT2D eigenvalue weighted by Gasteiger charge is 2.23. The van der Waals surface area contributed by atoms with Crippen LogP contribution in [0.1, 0.15) is 0 Å². The van der Waals surface area contributed by atoms with Crippen LogP contribution >= 0.6 is 23.1 Å². The maximum Gasteiger partial charge on any atom is 0.282 e. The molecule has 9 heteroatoms. The Labute approximate surface area is 141 Å². The molecule has 0 aliphatic carbocycles. The SMILES string of the molecule is COc1cc2nc(NC(=O)CN3CCSC3=O)sc2cc1OC. The number of nitrogens with zero attached hydrogens (tertiary/aromatic N) is 2. The van der Waals surface area contributed by atoms with Gasteiger partial charge in [0.25, 0.3) is 5.24 Å². The number of carbonyl (C=O) groups is 2. The molecule has 0 atom stereocenters. The summed E-state index contributed by atoms with van der Waals surface area (Å²) < 4.78 is 11.4. The lowest BCUT2D eigenvalue weighted by molar-refractivity contribution is -0.116. The van der Waals surface area contributed by atoms with Crippen molar-refractivity contribution in [2.45, 2.75) is 0 Å². The van der Waals surface area contributed by atoms with E-state index in [4.69, 9.17) is 9.47 Å². The summed E-state index contributed by atoms with van der Waals surface area (Å²) in [6.07, 6.45) is 0. The number of hydrogen-bond acceptors (Lipinski definition) is 7. The van der Waals surface area contributed by atoms with Gasteiger partial charge in [0.05, 0.1) is 24.4 Å². The molecule has 1 fully saturated rings. The maximum atomic E-state index is 12.0. The second kappa shape index (κ2) is 6.63. The van der Waals surface area contributed by atoms with Crippen molar-refractivity contribution < 1.29 is 19.1 Å². The fourth-order valence-electron chi connectivity index (χ4n) is 2.21. The van der Waals surface area contributed by atoms with Crippen molar-refractivity contribution in [1.82, 2.24) is 9.88 Å². The van der Waals surface area contributed by atoms with E-state index in [9.17, 15) is 9.59 Å². The van der Waals surface area contributed by atoms with Gasteiger partial charge >= 0.3 is 0 Å². The molecule has 1 aliphatic rings. The van der Waals surface area contributed by atoms with Gasteiger partial charge in [0, 0.05) is 24.4 Å². The quantitative estimate of drug-likeness (QED) is 0.889. The Bertz CT molecular complexity index is 721. The molecule has 2 heterocycles. The number of benzene rings is 1. The summed E-state index contributed by atoms with van der Waals surface area (Å²) in [7, 11) is 3.13. The van der Waals surface area contributed by atoms with Crippen molar-refractivity contribution in [1.29, 1.82) is 0 Å². The van der Waals surface area contributed by atoms with Gasteiger partial charge in [0.2, 0.25) is 5.91 Å². The van der Waals surface area contributed by atoms with Crippen LogP contribution < -0.4 is 14.8 Å². The first-order chi connectivity index (χ1) is 11.1. The number of anilines is 1. The molecule has 2 aromatic rings. The normalized spacial score (nSPS) is 14.3. The summed E-state index contributed by atoms with van der Waals surface area (Å²) in [6.45, 7) is 0.652. The molecule has 7 nitrogen and oxygen atoms in total. The number of methoxy groups -OCH3 is 2. The number of ether oxygens (including phenoxy) is 2. The lowest BCUT2D eigenvalue weighted by Gasteiger charge is -2.12. The largest absolute Gasteiger partial charge is 0.493 e. The van der Waals surface area contributed by atoms with Gasteiger partial charge in [-0.15, -0.1) is 0 Å². The van der Waals surface area contributed by atoms with E-state index in [1.165, 1.54) is 28.0 Å². The molecule has 1 aliphatic heterocycles. The zero-order valence-electron chi connectivity index (χ0n) is 12.6. The summed E-state index contributed by atoms with van der Waals surface area (Å²) >= 11 is 2.58. The highest BCUT2D eigenvalue weighted by atomic mass is 32.2. The summed E-state index contributed by atoms with van der Waals surface area (Å²) in [5, 5.41) is 3.17. The van der Waals surface area contributed by atoms with Gasteiger partial charge in [-0.25, -0.2) is 4.98 Å². The van der Waals surface area contributed by atoms with E-state index >= 15 is 0 Å². The van der Waals surface area contributed by atoms with Crippen LogP contribution in [-0.4, -0.2) is 54.1 Å². The van der Waals surface area contributed by atoms with Gasteiger partial charge in [-0.1, -0.05) is 23.1 Å². The standard InChI is InChI=1S/C14H15N3O4S2/c1-20-9-5-8-11(6-10(9)21-2)23-13(15-8)16-12(18)7-17-3-4-22-14(17)19/h5-6H,3-4,7H2,1-2H3,(H,15,16,18). The van der Waals surface area contributed by atoms with Gasteiger partial charge in [0.1, 0.15) is 6.54 Å². The van der Waals surface area contributed by atoms with Crippen molar-refractivity contribution in [3.05, 3.63) is 12.1 Å². The first-order valence-corrected chi connectivity index (χ1v) is 8.65. The summed E-state index contributed by atoms with van der Waals surface area (Å²) in [4.78, 5) is 29.5.